The molecule has 0 saturated heterocycles. The average molecular weight is 280 g/mol. The van der Waals surface area contributed by atoms with Crippen molar-refractivity contribution >= 4 is 11.9 Å². The van der Waals surface area contributed by atoms with E-state index in [0.717, 1.165) is 25.7 Å². The predicted octanol–water partition coefficient (Wildman–Crippen LogP) is 1.43. The monoisotopic (exact) mass is 280 g/mol. The molecule has 0 aromatic heterocycles. The number of hydrogen-bond donors (Lipinski definition) is 3. The Morgan fingerprint density at radius 2 is 1.95 bits per heavy atom. The van der Waals surface area contributed by atoms with Crippen LogP contribution in [-0.2, 0) is 9.59 Å². The Morgan fingerprint density at radius 1 is 1.25 bits per heavy atom. The first-order valence-corrected chi connectivity index (χ1v) is 7.45. The van der Waals surface area contributed by atoms with Crippen LogP contribution < -0.4 is 11.1 Å². The summed E-state index contributed by atoms with van der Waals surface area (Å²) in [6.45, 7) is 0.554. The molecule has 2 unspecified atom stereocenters. The maximum Gasteiger partial charge on any atom is 0.310 e. The maximum atomic E-state index is 12.2. The second kappa shape index (κ2) is 6.39. The van der Waals surface area contributed by atoms with Gasteiger partial charge in [0.25, 0.3) is 0 Å². The van der Waals surface area contributed by atoms with Crippen LogP contribution in [0.2, 0.25) is 0 Å². The number of carbonyl (C=O) groups excluding carboxylic acids is 1. The Kier molecular flexibility index (Phi) is 4.81. The van der Waals surface area contributed by atoms with Crippen LogP contribution in [0.15, 0.2) is 12.2 Å². The van der Waals surface area contributed by atoms with Crippen LogP contribution in [-0.4, -0.2) is 29.6 Å². The second-order valence-corrected chi connectivity index (χ2v) is 6.18. The molecule has 0 aromatic rings. The fourth-order valence-electron chi connectivity index (χ4n) is 3.34. The molecule has 5 heteroatoms. The van der Waals surface area contributed by atoms with Gasteiger partial charge in [0.15, 0.2) is 0 Å². The highest BCUT2D eigenvalue weighted by Gasteiger charge is 2.34. The van der Waals surface area contributed by atoms with Crippen molar-refractivity contribution in [2.45, 2.75) is 51.0 Å². The van der Waals surface area contributed by atoms with Crippen molar-refractivity contribution < 1.29 is 14.7 Å². The van der Waals surface area contributed by atoms with Crippen LogP contribution in [0.1, 0.15) is 44.9 Å². The molecule has 112 valence electrons. The Balaban J connectivity index is 1.83. The molecule has 5 nitrogen and oxygen atoms in total. The number of rotatable bonds is 5. The van der Waals surface area contributed by atoms with Gasteiger partial charge in [-0.1, -0.05) is 31.4 Å². The van der Waals surface area contributed by atoms with Gasteiger partial charge in [-0.3, -0.25) is 9.59 Å². The van der Waals surface area contributed by atoms with Crippen molar-refractivity contribution in [3.63, 3.8) is 0 Å². The first-order valence-electron chi connectivity index (χ1n) is 7.45. The smallest absolute Gasteiger partial charge is 0.310 e. The standard InChI is InChI=1S/C15H24N2O3/c16-10-15(6-2-1-3-7-15)9-13(18)17-12-5-4-11(8-12)14(19)20/h4-5,11-12H,1-3,6-10,16H2,(H,17,18)(H,19,20). The van der Waals surface area contributed by atoms with Gasteiger partial charge in [0, 0.05) is 12.5 Å². The number of carboxylic acid groups (broad SMARTS) is 1. The molecular formula is C15H24N2O3. The molecule has 1 saturated carbocycles. The van der Waals surface area contributed by atoms with E-state index < -0.39 is 11.9 Å². The van der Waals surface area contributed by atoms with Crippen molar-refractivity contribution in [2.24, 2.45) is 17.1 Å². The van der Waals surface area contributed by atoms with Crippen LogP contribution >= 0.6 is 0 Å². The molecule has 0 aromatic carbocycles. The minimum Gasteiger partial charge on any atom is -0.481 e. The lowest BCUT2D eigenvalue weighted by molar-refractivity contribution is -0.140. The molecule has 0 bridgehead atoms. The number of nitrogens with two attached hydrogens (primary N) is 1. The van der Waals surface area contributed by atoms with Crippen molar-refractivity contribution in [1.82, 2.24) is 5.32 Å². The number of aliphatic carboxylic acids is 1. The van der Waals surface area contributed by atoms with Gasteiger partial charge in [0.05, 0.1) is 5.92 Å². The Hall–Kier alpha value is -1.36. The summed E-state index contributed by atoms with van der Waals surface area (Å²) >= 11 is 0. The molecule has 1 amide bonds. The van der Waals surface area contributed by atoms with Crippen molar-refractivity contribution in [3.8, 4) is 0 Å². The molecule has 4 N–H and O–H groups in total. The minimum absolute atomic E-state index is 0.00182. The highest BCUT2D eigenvalue weighted by atomic mass is 16.4. The molecule has 2 aliphatic carbocycles. The predicted molar refractivity (Wildman–Crippen MR) is 76.0 cm³/mol. The molecule has 2 aliphatic rings. The van der Waals surface area contributed by atoms with Crippen LogP contribution in [0.25, 0.3) is 0 Å². The Morgan fingerprint density at radius 3 is 2.50 bits per heavy atom. The summed E-state index contributed by atoms with van der Waals surface area (Å²) in [5.74, 6) is -1.31. The fraction of sp³-hybridized carbons (Fsp3) is 0.733. The average Bonchev–Trinajstić information content (AvgIpc) is 2.88. The van der Waals surface area contributed by atoms with Crippen LogP contribution in [0.5, 0.6) is 0 Å². The summed E-state index contributed by atoms with van der Waals surface area (Å²) < 4.78 is 0. The quantitative estimate of drug-likeness (QED) is 0.664. The third-order valence-electron chi connectivity index (χ3n) is 4.63. The largest absolute Gasteiger partial charge is 0.481 e. The van der Waals surface area contributed by atoms with Crippen LogP contribution in [0.4, 0.5) is 0 Å². The van der Waals surface area contributed by atoms with E-state index in [2.05, 4.69) is 5.32 Å². The SMILES string of the molecule is NCC1(CC(=O)NC2C=CC(C(=O)O)C2)CCCCC1. The molecule has 20 heavy (non-hydrogen) atoms. The molecule has 0 heterocycles. The lowest BCUT2D eigenvalue weighted by Gasteiger charge is -2.35. The molecule has 0 spiro atoms. The molecule has 1 fully saturated rings. The zero-order valence-corrected chi connectivity index (χ0v) is 11.8. The van der Waals surface area contributed by atoms with Crippen LogP contribution in [0.3, 0.4) is 0 Å². The van der Waals surface area contributed by atoms with Gasteiger partial charge in [0.2, 0.25) is 5.91 Å². The van der Waals surface area contributed by atoms with E-state index >= 15 is 0 Å². The van der Waals surface area contributed by atoms with E-state index in [4.69, 9.17) is 10.8 Å². The van der Waals surface area contributed by atoms with Crippen molar-refractivity contribution in [3.05, 3.63) is 12.2 Å². The van der Waals surface area contributed by atoms with E-state index in [1.807, 2.05) is 0 Å². The second-order valence-electron chi connectivity index (χ2n) is 6.18. The number of amides is 1. The van der Waals surface area contributed by atoms with Crippen LogP contribution in [0, 0.1) is 11.3 Å². The van der Waals surface area contributed by atoms with Gasteiger partial charge in [-0.15, -0.1) is 0 Å². The van der Waals surface area contributed by atoms with Gasteiger partial charge in [-0.25, -0.2) is 0 Å². The van der Waals surface area contributed by atoms with E-state index in [1.165, 1.54) is 6.42 Å². The number of nitrogens with one attached hydrogen (secondary N) is 1. The third-order valence-corrected chi connectivity index (χ3v) is 4.63. The molecular weight excluding hydrogens is 256 g/mol. The lowest BCUT2D eigenvalue weighted by Crippen LogP contribution is -2.41. The van der Waals surface area contributed by atoms with Crippen molar-refractivity contribution in [1.29, 1.82) is 0 Å². The van der Waals surface area contributed by atoms with E-state index in [1.54, 1.807) is 12.2 Å². The minimum atomic E-state index is -0.830. The normalized spacial score (nSPS) is 28.2. The number of hydrogen-bond acceptors (Lipinski definition) is 3. The van der Waals surface area contributed by atoms with E-state index in [0.29, 0.717) is 19.4 Å². The summed E-state index contributed by atoms with van der Waals surface area (Å²) in [5.41, 5.74) is 5.84. The summed E-state index contributed by atoms with van der Waals surface area (Å²) in [6.07, 6.45) is 9.94. The third kappa shape index (κ3) is 3.60. The summed E-state index contributed by atoms with van der Waals surface area (Å²) in [7, 11) is 0. The Bertz CT molecular complexity index is 400. The molecule has 0 aliphatic heterocycles. The van der Waals surface area contributed by atoms with Gasteiger partial charge in [0.1, 0.15) is 0 Å². The summed E-state index contributed by atoms with van der Waals surface area (Å²) in [6, 6.07) is -0.151. The highest BCUT2D eigenvalue weighted by Crippen LogP contribution is 2.38. The first-order chi connectivity index (χ1) is 9.54. The topological polar surface area (TPSA) is 92.4 Å². The lowest BCUT2D eigenvalue weighted by atomic mass is 9.71. The fourth-order valence-corrected chi connectivity index (χ4v) is 3.34. The summed E-state index contributed by atoms with van der Waals surface area (Å²) in [4.78, 5) is 23.0. The molecule has 0 radical (unpaired) electrons. The van der Waals surface area contributed by atoms with Gasteiger partial charge >= 0.3 is 5.97 Å². The highest BCUT2D eigenvalue weighted by molar-refractivity contribution is 5.78. The van der Waals surface area contributed by atoms with Gasteiger partial charge < -0.3 is 16.2 Å². The van der Waals surface area contributed by atoms with Gasteiger partial charge in [-0.2, -0.15) is 0 Å². The first kappa shape index (κ1) is 15.0. The zero-order valence-electron chi connectivity index (χ0n) is 11.8. The Labute approximate surface area is 119 Å². The van der Waals surface area contributed by atoms with E-state index in [9.17, 15) is 9.59 Å². The van der Waals surface area contributed by atoms with Crippen molar-refractivity contribution in [2.75, 3.05) is 6.54 Å². The summed E-state index contributed by atoms with van der Waals surface area (Å²) in [5, 5.41) is 11.9. The zero-order chi connectivity index (χ0) is 14.6. The maximum absolute atomic E-state index is 12.2. The van der Waals surface area contributed by atoms with E-state index in [-0.39, 0.29) is 17.4 Å². The molecule has 2 rings (SSSR count). The number of carboxylic acids is 1. The van der Waals surface area contributed by atoms with Gasteiger partial charge in [-0.05, 0) is 31.2 Å². The molecule has 2 atom stereocenters. The number of carbonyl (C=O) groups is 2.